The molecule has 0 bridgehead atoms. The van der Waals surface area contributed by atoms with Crippen molar-refractivity contribution in [3.8, 4) is 12.1 Å². The molecule has 0 rings (SSSR count). The maximum Gasteiger partial charge on any atom is 0.0621 e. The van der Waals surface area contributed by atoms with Crippen LogP contribution in [0.5, 0.6) is 0 Å². The van der Waals surface area contributed by atoms with Gasteiger partial charge in [0.05, 0.1) is 12.1 Å². The number of nitriles is 2. The quantitative estimate of drug-likeness (QED) is 0.585. The monoisotopic (exact) mass is 178 g/mol. The molecule has 0 saturated heterocycles. The van der Waals surface area contributed by atoms with Gasteiger partial charge in [-0.05, 0) is 31.1 Å². The summed E-state index contributed by atoms with van der Waals surface area (Å²) < 4.78 is 0. The van der Waals surface area contributed by atoms with E-state index in [0.29, 0.717) is 18.3 Å². The molecular weight excluding hydrogens is 160 g/mol. The Morgan fingerprint density at radius 1 is 0.923 bits per heavy atom. The van der Waals surface area contributed by atoms with Crippen LogP contribution in [0.2, 0.25) is 0 Å². The van der Waals surface area contributed by atoms with Gasteiger partial charge in [-0.2, -0.15) is 10.5 Å². The number of unbranched alkanes of at least 4 members (excludes halogenated alkanes) is 2. The van der Waals surface area contributed by atoms with Gasteiger partial charge in [-0.15, -0.1) is 0 Å². The summed E-state index contributed by atoms with van der Waals surface area (Å²) in [5.74, 6) is 0. The van der Waals surface area contributed by atoms with Crippen molar-refractivity contribution < 1.29 is 0 Å². The molecule has 0 N–H and O–H groups in total. The van der Waals surface area contributed by atoms with Crippen LogP contribution in [-0.4, -0.2) is 0 Å². The van der Waals surface area contributed by atoms with Crippen molar-refractivity contribution in [2.24, 2.45) is 5.41 Å². The van der Waals surface area contributed by atoms with Crippen LogP contribution >= 0.6 is 0 Å². The molecule has 72 valence electrons. The van der Waals surface area contributed by atoms with Crippen LogP contribution in [-0.2, 0) is 0 Å². The molecule has 0 fully saturated rings. The lowest BCUT2D eigenvalue weighted by atomic mass is 9.82. The van der Waals surface area contributed by atoms with Gasteiger partial charge in [-0.25, -0.2) is 0 Å². The topological polar surface area (TPSA) is 47.6 Å². The Morgan fingerprint density at radius 3 is 1.62 bits per heavy atom. The van der Waals surface area contributed by atoms with Gasteiger partial charge in [-0.1, -0.05) is 13.8 Å². The lowest BCUT2D eigenvalue weighted by molar-refractivity contribution is 0.294. The van der Waals surface area contributed by atoms with Gasteiger partial charge < -0.3 is 0 Å². The normalized spacial score (nSPS) is 10.5. The molecule has 0 aromatic carbocycles. The Balaban J connectivity index is 3.56. The van der Waals surface area contributed by atoms with Gasteiger partial charge in [0.2, 0.25) is 0 Å². The second-order valence-corrected chi connectivity index (χ2v) is 4.19. The van der Waals surface area contributed by atoms with E-state index in [4.69, 9.17) is 10.5 Å². The Morgan fingerprint density at radius 2 is 1.31 bits per heavy atom. The first kappa shape index (κ1) is 12.0. The molecule has 0 spiro atoms. The molecule has 0 aliphatic heterocycles. The summed E-state index contributed by atoms with van der Waals surface area (Å²) in [5.41, 5.74) is 0.299. The van der Waals surface area contributed by atoms with E-state index in [2.05, 4.69) is 26.0 Å². The zero-order chi connectivity index (χ0) is 10.2. The van der Waals surface area contributed by atoms with Crippen LogP contribution < -0.4 is 0 Å². The Hall–Kier alpha value is -1.02. The minimum atomic E-state index is 0.299. The number of nitrogens with zero attached hydrogens (tertiary/aromatic N) is 2. The molecule has 0 aliphatic carbocycles. The summed E-state index contributed by atoms with van der Waals surface area (Å²) in [5, 5.41) is 16.8. The molecule has 0 aromatic rings. The maximum absolute atomic E-state index is 8.38. The minimum absolute atomic E-state index is 0.299. The highest BCUT2D eigenvalue weighted by atomic mass is 14.3. The van der Waals surface area contributed by atoms with Gasteiger partial charge >= 0.3 is 0 Å². The molecule has 0 unspecified atom stereocenters. The maximum atomic E-state index is 8.38. The van der Waals surface area contributed by atoms with Crippen LogP contribution in [0.1, 0.15) is 52.4 Å². The Kier molecular flexibility index (Phi) is 5.98. The third-order valence-electron chi connectivity index (χ3n) is 2.28. The average Bonchev–Trinajstić information content (AvgIpc) is 2.05. The fraction of sp³-hybridized carbons (Fsp3) is 0.818. The average molecular weight is 178 g/mol. The van der Waals surface area contributed by atoms with E-state index in [1.807, 2.05) is 0 Å². The predicted octanol–water partition coefficient (Wildman–Crippen LogP) is 3.40. The standard InChI is InChI=1S/C11H18N2/c1-11(2,7-3-5-9-12)8-4-6-10-13/h3-8H2,1-2H3. The van der Waals surface area contributed by atoms with Gasteiger partial charge in [0.25, 0.3) is 0 Å². The second kappa shape index (κ2) is 6.49. The summed E-state index contributed by atoms with van der Waals surface area (Å²) in [7, 11) is 0. The van der Waals surface area contributed by atoms with Gasteiger partial charge in [0, 0.05) is 12.8 Å². The van der Waals surface area contributed by atoms with Gasteiger partial charge in [0.1, 0.15) is 0 Å². The SMILES string of the molecule is CC(C)(CCCC#N)CCCC#N. The summed E-state index contributed by atoms with van der Waals surface area (Å²) in [6, 6.07) is 4.31. The van der Waals surface area contributed by atoms with Crippen molar-refractivity contribution in [1.29, 1.82) is 10.5 Å². The highest BCUT2D eigenvalue weighted by Crippen LogP contribution is 2.29. The summed E-state index contributed by atoms with van der Waals surface area (Å²) in [4.78, 5) is 0. The second-order valence-electron chi connectivity index (χ2n) is 4.19. The van der Waals surface area contributed by atoms with Crippen LogP contribution in [0, 0.1) is 28.1 Å². The Bertz CT molecular complexity index is 183. The third kappa shape index (κ3) is 7.34. The largest absolute Gasteiger partial charge is 0.198 e. The highest BCUT2D eigenvalue weighted by molar-refractivity contribution is 4.76. The number of hydrogen-bond donors (Lipinski definition) is 0. The molecular formula is C11H18N2. The molecule has 13 heavy (non-hydrogen) atoms. The molecule has 0 aromatic heterocycles. The van der Waals surface area contributed by atoms with Crippen molar-refractivity contribution in [3.05, 3.63) is 0 Å². The smallest absolute Gasteiger partial charge is 0.0621 e. The molecule has 0 saturated carbocycles. The van der Waals surface area contributed by atoms with Crippen molar-refractivity contribution in [2.45, 2.75) is 52.4 Å². The summed E-state index contributed by atoms with van der Waals surface area (Å²) in [6.45, 7) is 4.42. The lowest BCUT2D eigenvalue weighted by Gasteiger charge is -2.23. The molecule has 0 aliphatic rings. The van der Waals surface area contributed by atoms with E-state index >= 15 is 0 Å². The lowest BCUT2D eigenvalue weighted by Crippen LogP contribution is -2.10. The van der Waals surface area contributed by atoms with Crippen molar-refractivity contribution in [3.63, 3.8) is 0 Å². The highest BCUT2D eigenvalue weighted by Gasteiger charge is 2.16. The first-order valence-corrected chi connectivity index (χ1v) is 4.86. The molecule has 0 amide bonds. The summed E-state index contributed by atoms with van der Waals surface area (Å²) >= 11 is 0. The van der Waals surface area contributed by atoms with Crippen molar-refractivity contribution >= 4 is 0 Å². The predicted molar refractivity (Wildman–Crippen MR) is 52.7 cm³/mol. The summed E-state index contributed by atoms with van der Waals surface area (Å²) in [6.07, 6.45) is 5.45. The zero-order valence-corrected chi connectivity index (χ0v) is 8.64. The minimum Gasteiger partial charge on any atom is -0.198 e. The van der Waals surface area contributed by atoms with Crippen molar-refractivity contribution in [2.75, 3.05) is 0 Å². The van der Waals surface area contributed by atoms with Crippen LogP contribution in [0.3, 0.4) is 0 Å². The molecule has 2 nitrogen and oxygen atoms in total. The fourth-order valence-corrected chi connectivity index (χ4v) is 1.42. The molecule has 2 heteroatoms. The van der Waals surface area contributed by atoms with E-state index in [-0.39, 0.29) is 0 Å². The first-order valence-electron chi connectivity index (χ1n) is 4.86. The van der Waals surface area contributed by atoms with Gasteiger partial charge in [-0.3, -0.25) is 0 Å². The number of rotatable bonds is 6. The van der Waals surface area contributed by atoms with Gasteiger partial charge in [0.15, 0.2) is 0 Å². The van der Waals surface area contributed by atoms with Crippen LogP contribution in [0.4, 0.5) is 0 Å². The zero-order valence-electron chi connectivity index (χ0n) is 8.64. The molecule has 0 heterocycles. The van der Waals surface area contributed by atoms with Crippen LogP contribution in [0.25, 0.3) is 0 Å². The Labute approximate surface area is 81.2 Å². The van der Waals surface area contributed by atoms with Crippen LogP contribution in [0.15, 0.2) is 0 Å². The van der Waals surface area contributed by atoms with E-state index in [1.54, 1.807) is 0 Å². The van der Waals surface area contributed by atoms with Crippen molar-refractivity contribution in [1.82, 2.24) is 0 Å². The molecule has 0 radical (unpaired) electrons. The third-order valence-corrected chi connectivity index (χ3v) is 2.28. The molecule has 0 atom stereocenters. The van der Waals surface area contributed by atoms with E-state index in [9.17, 15) is 0 Å². The first-order chi connectivity index (χ1) is 6.12. The van der Waals surface area contributed by atoms with E-state index in [0.717, 1.165) is 25.7 Å². The van der Waals surface area contributed by atoms with E-state index < -0.39 is 0 Å². The van der Waals surface area contributed by atoms with E-state index in [1.165, 1.54) is 0 Å². The number of hydrogen-bond acceptors (Lipinski definition) is 2. The fourth-order valence-electron chi connectivity index (χ4n) is 1.42.